The largest absolute Gasteiger partial charge is 0.357 e. The summed E-state index contributed by atoms with van der Waals surface area (Å²) in [6.45, 7) is 12.0. The van der Waals surface area contributed by atoms with Crippen LogP contribution in [0.15, 0.2) is 47.7 Å². The molecule has 164 valence electrons. The van der Waals surface area contributed by atoms with Crippen molar-refractivity contribution in [3.8, 4) is 0 Å². The number of guanidine groups is 1. The maximum Gasteiger partial charge on any atom is 0.191 e. The van der Waals surface area contributed by atoms with Crippen LogP contribution in [0, 0.1) is 0 Å². The number of piperazine rings is 1. The number of aliphatic imine (C=N–C) groups is 1. The van der Waals surface area contributed by atoms with E-state index in [2.05, 4.69) is 56.4 Å². The fourth-order valence-corrected chi connectivity index (χ4v) is 3.36. The van der Waals surface area contributed by atoms with E-state index in [1.807, 2.05) is 30.6 Å². The van der Waals surface area contributed by atoms with E-state index < -0.39 is 0 Å². The van der Waals surface area contributed by atoms with Crippen LogP contribution < -0.4 is 15.5 Å². The second kappa shape index (κ2) is 13.4. The number of hydrogen-bond acceptors (Lipinski definition) is 5. The summed E-state index contributed by atoms with van der Waals surface area (Å²) in [4.78, 5) is 18.6. The summed E-state index contributed by atoms with van der Waals surface area (Å²) < 4.78 is 0. The number of rotatable bonds is 8. The standard InChI is InChI=1S/C22H33N7.HI/c1-3-23-22(25-12-10-20-7-5-6-11-24-20)27-18-19-8-9-21(26-17-19)29-15-13-28(4-2)14-16-29;/h5-9,11,17H,3-4,10,12-16,18H2,1-2H3,(H2,23,25,27);1H. The molecule has 0 amide bonds. The lowest BCUT2D eigenvalue weighted by atomic mass is 10.2. The van der Waals surface area contributed by atoms with Crippen LogP contribution in [-0.2, 0) is 13.0 Å². The average Bonchev–Trinajstić information content (AvgIpc) is 2.78. The molecule has 1 saturated heterocycles. The van der Waals surface area contributed by atoms with Gasteiger partial charge in [0.15, 0.2) is 5.96 Å². The molecule has 1 fully saturated rings. The summed E-state index contributed by atoms with van der Waals surface area (Å²) in [5.41, 5.74) is 2.19. The third-order valence-electron chi connectivity index (χ3n) is 5.12. The first-order valence-corrected chi connectivity index (χ1v) is 10.6. The van der Waals surface area contributed by atoms with Gasteiger partial charge in [-0.25, -0.2) is 9.98 Å². The summed E-state index contributed by atoms with van der Waals surface area (Å²) in [5.74, 6) is 1.89. The molecule has 1 aliphatic heterocycles. The molecule has 1 aliphatic rings. The molecule has 0 spiro atoms. The second-order valence-corrected chi connectivity index (χ2v) is 7.14. The highest BCUT2D eigenvalue weighted by atomic mass is 127. The minimum atomic E-state index is 0. The molecule has 0 saturated carbocycles. The summed E-state index contributed by atoms with van der Waals surface area (Å²) in [7, 11) is 0. The second-order valence-electron chi connectivity index (χ2n) is 7.14. The maximum absolute atomic E-state index is 4.69. The molecule has 3 heterocycles. The number of aromatic nitrogens is 2. The predicted octanol–water partition coefficient (Wildman–Crippen LogP) is 2.53. The Bertz CT molecular complexity index is 744. The average molecular weight is 523 g/mol. The molecule has 7 nitrogen and oxygen atoms in total. The smallest absolute Gasteiger partial charge is 0.191 e. The molecular formula is C22H34IN7. The molecule has 0 radical (unpaired) electrons. The normalized spacial score (nSPS) is 14.9. The van der Waals surface area contributed by atoms with E-state index in [0.29, 0.717) is 6.54 Å². The minimum absolute atomic E-state index is 0. The van der Waals surface area contributed by atoms with Crippen LogP contribution in [0.5, 0.6) is 0 Å². The van der Waals surface area contributed by atoms with Crippen molar-refractivity contribution in [1.29, 1.82) is 0 Å². The summed E-state index contributed by atoms with van der Waals surface area (Å²) in [6, 6.07) is 10.2. The minimum Gasteiger partial charge on any atom is -0.357 e. The molecule has 0 aliphatic carbocycles. The molecular weight excluding hydrogens is 489 g/mol. The van der Waals surface area contributed by atoms with E-state index in [0.717, 1.165) is 75.3 Å². The Morgan fingerprint density at radius 3 is 2.50 bits per heavy atom. The van der Waals surface area contributed by atoms with Gasteiger partial charge in [0, 0.05) is 63.8 Å². The van der Waals surface area contributed by atoms with Gasteiger partial charge in [-0.15, -0.1) is 24.0 Å². The SMILES string of the molecule is CCNC(=NCc1ccc(N2CCN(CC)CC2)nc1)NCCc1ccccn1.I. The quantitative estimate of drug-likeness (QED) is 0.315. The number of halogens is 1. The molecule has 0 unspecified atom stereocenters. The number of likely N-dealkylation sites (N-methyl/N-ethyl adjacent to an activating group) is 1. The third-order valence-corrected chi connectivity index (χ3v) is 5.12. The lowest BCUT2D eigenvalue weighted by Crippen LogP contribution is -2.46. The van der Waals surface area contributed by atoms with Gasteiger partial charge >= 0.3 is 0 Å². The highest BCUT2D eigenvalue weighted by molar-refractivity contribution is 14.0. The zero-order chi connectivity index (χ0) is 20.3. The Kier molecular flexibility index (Phi) is 10.9. The Labute approximate surface area is 197 Å². The molecule has 8 heteroatoms. The molecule has 0 atom stereocenters. The van der Waals surface area contributed by atoms with Crippen molar-refractivity contribution in [3.63, 3.8) is 0 Å². The van der Waals surface area contributed by atoms with E-state index in [1.165, 1.54) is 0 Å². The zero-order valence-electron chi connectivity index (χ0n) is 18.0. The molecule has 3 rings (SSSR count). The van der Waals surface area contributed by atoms with Crippen molar-refractivity contribution in [2.24, 2.45) is 4.99 Å². The number of hydrogen-bond donors (Lipinski definition) is 2. The predicted molar refractivity (Wildman–Crippen MR) is 135 cm³/mol. The number of nitrogens with one attached hydrogen (secondary N) is 2. The summed E-state index contributed by atoms with van der Waals surface area (Å²) in [6.07, 6.45) is 4.64. The van der Waals surface area contributed by atoms with Gasteiger partial charge in [-0.2, -0.15) is 0 Å². The van der Waals surface area contributed by atoms with Crippen LogP contribution in [0.25, 0.3) is 0 Å². The molecule has 0 aromatic carbocycles. The van der Waals surface area contributed by atoms with Gasteiger partial charge in [0.1, 0.15) is 5.82 Å². The van der Waals surface area contributed by atoms with E-state index in [1.54, 1.807) is 0 Å². The van der Waals surface area contributed by atoms with Crippen molar-refractivity contribution in [2.75, 3.05) is 50.7 Å². The zero-order valence-corrected chi connectivity index (χ0v) is 20.4. The topological polar surface area (TPSA) is 68.7 Å². The van der Waals surface area contributed by atoms with Crippen LogP contribution in [0.2, 0.25) is 0 Å². The lowest BCUT2D eigenvalue weighted by Gasteiger charge is -2.34. The van der Waals surface area contributed by atoms with Gasteiger partial charge in [-0.1, -0.05) is 19.1 Å². The van der Waals surface area contributed by atoms with E-state index >= 15 is 0 Å². The highest BCUT2D eigenvalue weighted by Crippen LogP contribution is 2.14. The van der Waals surface area contributed by atoms with Crippen molar-refractivity contribution in [1.82, 2.24) is 25.5 Å². The first-order chi connectivity index (χ1) is 14.3. The maximum atomic E-state index is 4.69. The van der Waals surface area contributed by atoms with E-state index in [-0.39, 0.29) is 24.0 Å². The highest BCUT2D eigenvalue weighted by Gasteiger charge is 2.16. The number of pyridine rings is 2. The van der Waals surface area contributed by atoms with Gasteiger partial charge in [0.2, 0.25) is 0 Å². The van der Waals surface area contributed by atoms with Gasteiger partial charge in [0.25, 0.3) is 0 Å². The van der Waals surface area contributed by atoms with Crippen LogP contribution >= 0.6 is 24.0 Å². The van der Waals surface area contributed by atoms with Gasteiger partial charge in [-0.3, -0.25) is 4.98 Å². The van der Waals surface area contributed by atoms with Gasteiger partial charge < -0.3 is 20.4 Å². The summed E-state index contributed by atoms with van der Waals surface area (Å²) in [5, 5.41) is 6.67. The first-order valence-electron chi connectivity index (χ1n) is 10.6. The molecule has 2 aromatic rings. The Hall–Kier alpha value is -1.94. The lowest BCUT2D eigenvalue weighted by molar-refractivity contribution is 0.270. The first kappa shape index (κ1) is 24.3. The van der Waals surface area contributed by atoms with Crippen molar-refractivity contribution >= 4 is 35.8 Å². The van der Waals surface area contributed by atoms with Gasteiger partial charge in [0.05, 0.1) is 6.54 Å². The van der Waals surface area contributed by atoms with E-state index in [4.69, 9.17) is 4.99 Å². The van der Waals surface area contributed by atoms with Crippen molar-refractivity contribution < 1.29 is 0 Å². The van der Waals surface area contributed by atoms with E-state index in [9.17, 15) is 0 Å². The Morgan fingerprint density at radius 2 is 1.87 bits per heavy atom. The monoisotopic (exact) mass is 523 g/mol. The van der Waals surface area contributed by atoms with Crippen LogP contribution in [-0.4, -0.2) is 66.6 Å². The van der Waals surface area contributed by atoms with Gasteiger partial charge in [-0.05, 0) is 37.2 Å². The van der Waals surface area contributed by atoms with Crippen molar-refractivity contribution in [2.45, 2.75) is 26.8 Å². The van der Waals surface area contributed by atoms with Crippen LogP contribution in [0.3, 0.4) is 0 Å². The number of nitrogens with zero attached hydrogens (tertiary/aromatic N) is 5. The third kappa shape index (κ3) is 7.71. The molecule has 30 heavy (non-hydrogen) atoms. The molecule has 2 aromatic heterocycles. The van der Waals surface area contributed by atoms with Crippen LogP contribution in [0.4, 0.5) is 5.82 Å². The Morgan fingerprint density at radius 1 is 1.03 bits per heavy atom. The Balaban J connectivity index is 0.00000320. The van der Waals surface area contributed by atoms with Crippen molar-refractivity contribution in [3.05, 3.63) is 54.0 Å². The molecule has 0 bridgehead atoms. The summed E-state index contributed by atoms with van der Waals surface area (Å²) >= 11 is 0. The molecule has 2 N–H and O–H groups in total. The fraction of sp³-hybridized carbons (Fsp3) is 0.500. The van der Waals surface area contributed by atoms with Crippen LogP contribution in [0.1, 0.15) is 25.1 Å². The fourth-order valence-electron chi connectivity index (χ4n) is 3.36. The number of anilines is 1.